The van der Waals surface area contributed by atoms with Gasteiger partial charge < -0.3 is 30.3 Å². The molecule has 0 radical (unpaired) electrons. The van der Waals surface area contributed by atoms with E-state index < -0.39 is 6.09 Å². The molecule has 1 aliphatic heterocycles. The van der Waals surface area contributed by atoms with Crippen LogP contribution in [0.2, 0.25) is 5.02 Å². The lowest BCUT2D eigenvalue weighted by molar-refractivity contribution is -0.00866. The van der Waals surface area contributed by atoms with Crippen molar-refractivity contribution in [3.05, 3.63) is 34.9 Å². The van der Waals surface area contributed by atoms with Crippen LogP contribution in [0.5, 0.6) is 0 Å². The van der Waals surface area contributed by atoms with Gasteiger partial charge in [0.15, 0.2) is 0 Å². The average Bonchev–Trinajstić information content (AvgIpc) is 2.78. The zero-order valence-electron chi connectivity index (χ0n) is 21.2. The van der Waals surface area contributed by atoms with Gasteiger partial charge in [0.25, 0.3) is 0 Å². The van der Waals surface area contributed by atoms with E-state index >= 15 is 0 Å². The van der Waals surface area contributed by atoms with Crippen molar-refractivity contribution < 1.29 is 19.1 Å². The summed E-state index contributed by atoms with van der Waals surface area (Å²) in [7, 11) is 3.23. The van der Waals surface area contributed by atoms with Crippen molar-refractivity contribution in [2.45, 2.75) is 52.2 Å². The highest BCUT2D eigenvalue weighted by atomic mass is 35.5. The first-order chi connectivity index (χ1) is 16.1. The van der Waals surface area contributed by atoms with E-state index in [1.807, 2.05) is 36.2 Å². The summed E-state index contributed by atoms with van der Waals surface area (Å²) < 4.78 is 10.8. The molecule has 8 nitrogen and oxygen atoms in total. The van der Waals surface area contributed by atoms with Gasteiger partial charge in [-0.1, -0.05) is 44.5 Å². The first kappa shape index (κ1) is 28.2. The van der Waals surface area contributed by atoms with Crippen LogP contribution in [0.1, 0.15) is 51.7 Å². The third kappa shape index (κ3) is 9.68. The van der Waals surface area contributed by atoms with Crippen molar-refractivity contribution in [1.82, 2.24) is 20.9 Å². The van der Waals surface area contributed by atoms with Crippen molar-refractivity contribution in [2.75, 3.05) is 46.9 Å². The second kappa shape index (κ2) is 13.8. The molecular formula is C25H41ClN4O4. The molecule has 1 aliphatic rings. The largest absolute Gasteiger partial charge is 0.453 e. The van der Waals surface area contributed by atoms with Crippen molar-refractivity contribution >= 4 is 23.7 Å². The number of ether oxygens (including phenoxy) is 2. The second-order valence-electron chi connectivity index (χ2n) is 10.1. The van der Waals surface area contributed by atoms with Gasteiger partial charge in [-0.25, -0.2) is 9.59 Å². The Balaban J connectivity index is 2.07. The molecule has 192 valence electrons. The van der Waals surface area contributed by atoms with E-state index in [0.717, 1.165) is 37.9 Å². The number of halogens is 1. The molecular weight excluding hydrogens is 456 g/mol. The zero-order valence-corrected chi connectivity index (χ0v) is 21.9. The van der Waals surface area contributed by atoms with Crippen molar-refractivity contribution in [3.8, 4) is 0 Å². The van der Waals surface area contributed by atoms with Gasteiger partial charge in [0.05, 0.1) is 19.8 Å². The summed E-state index contributed by atoms with van der Waals surface area (Å²) >= 11 is 6.26. The topological polar surface area (TPSA) is 91.9 Å². The number of benzene rings is 1. The molecule has 1 aromatic rings. The Labute approximate surface area is 209 Å². The fourth-order valence-electron chi connectivity index (χ4n) is 4.47. The number of alkyl carbamates (subject to hydrolysis) is 1. The van der Waals surface area contributed by atoms with E-state index in [-0.39, 0.29) is 29.5 Å². The number of nitrogens with zero attached hydrogens (tertiary/aromatic N) is 1. The monoisotopic (exact) mass is 496 g/mol. The number of urea groups is 1. The average molecular weight is 497 g/mol. The second-order valence-corrected chi connectivity index (χ2v) is 10.5. The number of hydrogen-bond acceptors (Lipinski definition) is 5. The van der Waals surface area contributed by atoms with Crippen molar-refractivity contribution in [1.29, 1.82) is 0 Å². The fourth-order valence-corrected chi connectivity index (χ4v) is 4.67. The Hall–Kier alpha value is -2.03. The molecule has 1 heterocycles. The molecule has 34 heavy (non-hydrogen) atoms. The van der Waals surface area contributed by atoms with Gasteiger partial charge in [0.2, 0.25) is 0 Å². The van der Waals surface area contributed by atoms with Crippen molar-refractivity contribution in [3.63, 3.8) is 0 Å². The summed E-state index contributed by atoms with van der Waals surface area (Å²) in [6.45, 7) is 9.24. The highest BCUT2D eigenvalue weighted by molar-refractivity contribution is 6.30. The van der Waals surface area contributed by atoms with Crippen molar-refractivity contribution in [2.24, 2.45) is 11.3 Å². The van der Waals surface area contributed by atoms with Crippen LogP contribution in [-0.4, -0.2) is 70.0 Å². The number of carbonyl (C=O) groups excluding carboxylic acids is 2. The normalized spacial score (nSPS) is 18.2. The Morgan fingerprint density at radius 2 is 2.06 bits per heavy atom. The number of likely N-dealkylation sites (N-methyl/N-ethyl adjacent to an activating group) is 1. The number of methoxy groups -OCH3 is 1. The van der Waals surface area contributed by atoms with Crippen LogP contribution in [0.3, 0.4) is 0 Å². The van der Waals surface area contributed by atoms with Gasteiger partial charge in [0.1, 0.15) is 0 Å². The molecule has 0 spiro atoms. The Morgan fingerprint density at radius 3 is 2.71 bits per heavy atom. The minimum atomic E-state index is -0.491. The summed E-state index contributed by atoms with van der Waals surface area (Å²) in [6, 6.07) is 7.66. The highest BCUT2D eigenvalue weighted by Crippen LogP contribution is 2.34. The number of carbonyl (C=O) groups is 2. The van der Waals surface area contributed by atoms with Gasteiger partial charge in [-0.05, 0) is 49.4 Å². The lowest BCUT2D eigenvalue weighted by Crippen LogP contribution is -2.52. The molecule has 1 aromatic carbocycles. The SMILES string of the molecule is CNCC(CC(C)(C)C)NC(=O)N1CCCC(C(OCCNC(=O)OC)c2cccc(Cl)c2)C1. The molecule has 3 N–H and O–H groups in total. The number of likely N-dealkylation sites (tertiary alicyclic amines) is 1. The lowest BCUT2D eigenvalue weighted by atomic mass is 9.87. The van der Waals surface area contributed by atoms with Gasteiger partial charge in [0, 0.05) is 43.2 Å². The third-order valence-electron chi connectivity index (χ3n) is 5.84. The minimum absolute atomic E-state index is 0.0357. The predicted molar refractivity (Wildman–Crippen MR) is 135 cm³/mol. The predicted octanol–water partition coefficient (Wildman–Crippen LogP) is 4.20. The summed E-state index contributed by atoms with van der Waals surface area (Å²) in [5.41, 5.74) is 1.09. The Bertz CT molecular complexity index is 786. The van der Waals surface area contributed by atoms with Crippen LogP contribution >= 0.6 is 11.6 Å². The van der Waals surface area contributed by atoms with Crippen LogP contribution in [0.15, 0.2) is 24.3 Å². The fraction of sp³-hybridized carbons (Fsp3) is 0.680. The third-order valence-corrected chi connectivity index (χ3v) is 6.08. The van der Waals surface area contributed by atoms with E-state index in [9.17, 15) is 9.59 Å². The summed E-state index contributed by atoms with van der Waals surface area (Å²) in [6.07, 6.45) is 1.99. The summed E-state index contributed by atoms with van der Waals surface area (Å²) in [5, 5.41) is 9.69. The van der Waals surface area contributed by atoms with Gasteiger partial charge >= 0.3 is 12.1 Å². The van der Waals surface area contributed by atoms with E-state index in [0.29, 0.717) is 24.7 Å². The number of rotatable bonds is 10. The van der Waals surface area contributed by atoms with Crippen LogP contribution in [0.4, 0.5) is 9.59 Å². The van der Waals surface area contributed by atoms with Gasteiger partial charge in [-0.3, -0.25) is 0 Å². The number of amides is 3. The van der Waals surface area contributed by atoms with Crippen LogP contribution < -0.4 is 16.0 Å². The van der Waals surface area contributed by atoms with Gasteiger partial charge in [-0.2, -0.15) is 0 Å². The van der Waals surface area contributed by atoms with Crippen LogP contribution in [-0.2, 0) is 9.47 Å². The first-order valence-electron chi connectivity index (χ1n) is 12.0. The Morgan fingerprint density at radius 1 is 1.29 bits per heavy atom. The molecule has 0 aromatic heterocycles. The molecule has 0 bridgehead atoms. The van der Waals surface area contributed by atoms with Crippen LogP contribution in [0.25, 0.3) is 0 Å². The summed E-state index contributed by atoms with van der Waals surface area (Å²) in [4.78, 5) is 26.4. The maximum atomic E-state index is 13.2. The molecule has 1 fully saturated rings. The molecule has 9 heteroatoms. The van der Waals surface area contributed by atoms with E-state index in [4.69, 9.17) is 16.3 Å². The quantitative estimate of drug-likeness (QED) is 0.422. The maximum Gasteiger partial charge on any atom is 0.406 e. The molecule has 3 amide bonds. The molecule has 2 rings (SSSR count). The minimum Gasteiger partial charge on any atom is -0.453 e. The molecule has 1 saturated heterocycles. The van der Waals surface area contributed by atoms with E-state index in [1.165, 1.54) is 7.11 Å². The standard InChI is InChI=1S/C25H41ClN4O4/c1-25(2,3)15-21(16-27-4)29-23(31)30-12-7-9-19(17-30)22(18-8-6-10-20(26)14-18)34-13-11-28-24(32)33-5/h6,8,10,14,19,21-22,27H,7,9,11-13,15-17H2,1-5H3,(H,28,32)(H,29,31). The molecule has 0 aliphatic carbocycles. The molecule has 3 atom stereocenters. The number of nitrogens with one attached hydrogen (secondary N) is 3. The lowest BCUT2D eigenvalue weighted by Gasteiger charge is -2.38. The zero-order chi connectivity index (χ0) is 25.1. The summed E-state index contributed by atoms with van der Waals surface area (Å²) in [5.74, 6) is 0.112. The Kier molecular flexibility index (Phi) is 11.4. The highest BCUT2D eigenvalue weighted by Gasteiger charge is 2.32. The maximum absolute atomic E-state index is 13.2. The van der Waals surface area contributed by atoms with E-state index in [2.05, 4.69) is 41.5 Å². The van der Waals surface area contributed by atoms with Crippen LogP contribution in [0, 0.1) is 11.3 Å². The first-order valence-corrected chi connectivity index (χ1v) is 12.4. The number of piperidine rings is 1. The smallest absolute Gasteiger partial charge is 0.406 e. The van der Waals surface area contributed by atoms with Gasteiger partial charge in [-0.15, -0.1) is 0 Å². The molecule has 0 saturated carbocycles. The number of hydrogen-bond donors (Lipinski definition) is 3. The van der Waals surface area contributed by atoms with E-state index in [1.54, 1.807) is 0 Å². The molecule has 3 unspecified atom stereocenters.